The monoisotopic (exact) mass is 266 g/mol. The summed E-state index contributed by atoms with van der Waals surface area (Å²) in [7, 11) is 0. The lowest BCUT2D eigenvalue weighted by atomic mass is 10.1. The van der Waals surface area contributed by atoms with E-state index in [1.165, 1.54) is 0 Å². The molecule has 0 radical (unpaired) electrons. The van der Waals surface area contributed by atoms with Gasteiger partial charge in [-0.05, 0) is 25.7 Å². The number of ketones is 1. The summed E-state index contributed by atoms with van der Waals surface area (Å²) in [4.78, 5) is 20.5. The lowest BCUT2D eigenvalue weighted by Gasteiger charge is -2.02. The third-order valence-electron chi connectivity index (χ3n) is 2.33. The van der Waals surface area contributed by atoms with Crippen LogP contribution in [0.2, 0.25) is 0 Å². The average Bonchev–Trinajstić information content (AvgIpc) is 2.36. The highest BCUT2D eigenvalue weighted by Crippen LogP contribution is 2.02. The minimum Gasteiger partial charge on any atom is -0.450 e. The van der Waals surface area contributed by atoms with Crippen molar-refractivity contribution in [2.24, 2.45) is 5.92 Å². The molecule has 4 heteroatoms. The minimum absolute atomic E-state index is 0.121. The highest BCUT2D eigenvalue weighted by molar-refractivity contribution is 5.93. The number of rotatable bonds is 5. The van der Waals surface area contributed by atoms with Crippen LogP contribution in [0.1, 0.15) is 44.0 Å². The molecule has 4 nitrogen and oxygen atoms in total. The van der Waals surface area contributed by atoms with Crippen LogP contribution in [0.5, 0.6) is 0 Å². The summed E-state index contributed by atoms with van der Waals surface area (Å²) in [5.41, 5.74) is 0.775. The molecule has 0 aliphatic rings. The van der Waals surface area contributed by atoms with Gasteiger partial charge in [-0.3, -0.25) is 4.79 Å². The summed E-state index contributed by atoms with van der Waals surface area (Å²) in [6.45, 7) is 6.09. The lowest BCUT2D eigenvalue weighted by Crippen LogP contribution is -2.02. The van der Waals surface area contributed by atoms with E-state index >= 15 is 0 Å². The fourth-order valence-corrected chi connectivity index (χ4v) is 1.32. The van der Waals surface area contributed by atoms with Gasteiger partial charge in [0.15, 0.2) is 5.78 Å². The van der Waals surface area contributed by atoms with Gasteiger partial charge in [-0.25, -0.2) is 4.79 Å². The highest BCUT2D eigenvalue weighted by Gasteiger charge is 1.97. The zero-order chi connectivity index (χ0) is 14.7. The van der Waals surface area contributed by atoms with E-state index in [4.69, 9.17) is 5.11 Å². The number of carbonyl (C=O) groups excluding carboxylic acids is 1. The molecule has 0 fully saturated rings. The predicted molar refractivity (Wildman–Crippen MR) is 74.5 cm³/mol. The van der Waals surface area contributed by atoms with Crippen molar-refractivity contribution in [3.63, 3.8) is 0 Å². The van der Waals surface area contributed by atoms with Crippen molar-refractivity contribution >= 4 is 11.9 Å². The second kappa shape index (κ2) is 10.1. The number of hydrogen-bond acceptors (Lipinski definition) is 3. The molecule has 0 aliphatic carbocycles. The molecule has 0 unspecified atom stereocenters. The Labute approximate surface area is 114 Å². The highest BCUT2D eigenvalue weighted by atomic mass is 16.7. The van der Waals surface area contributed by atoms with Crippen LogP contribution in [0.4, 0.5) is 4.79 Å². The quantitative estimate of drug-likeness (QED) is 0.497. The molecule has 106 valence electrons. The maximum atomic E-state index is 10.6. The Morgan fingerprint density at radius 3 is 2.16 bits per heavy atom. The summed E-state index contributed by atoms with van der Waals surface area (Å²) in [6.07, 6.45) is 0.667. The first-order chi connectivity index (χ1) is 8.93. The van der Waals surface area contributed by atoms with Crippen LogP contribution < -0.4 is 0 Å². The first-order valence-electron chi connectivity index (χ1n) is 6.35. The van der Waals surface area contributed by atoms with Gasteiger partial charge in [0.05, 0.1) is 6.61 Å². The number of Topliss-reactive ketones (excluding diaryl/α,β-unsaturated/α-hetero) is 1. The van der Waals surface area contributed by atoms with Gasteiger partial charge < -0.3 is 9.84 Å². The fourth-order valence-electron chi connectivity index (χ4n) is 1.32. The Kier molecular flexibility index (Phi) is 9.14. The Balaban J connectivity index is 0.000000342. The Morgan fingerprint density at radius 1 is 1.21 bits per heavy atom. The van der Waals surface area contributed by atoms with Crippen LogP contribution >= 0.6 is 0 Å². The van der Waals surface area contributed by atoms with E-state index < -0.39 is 6.16 Å². The van der Waals surface area contributed by atoms with Gasteiger partial charge in [0, 0.05) is 5.56 Å². The second-order valence-electron chi connectivity index (χ2n) is 4.57. The fraction of sp³-hybridized carbons (Fsp3) is 0.467. The molecule has 0 aromatic heterocycles. The van der Waals surface area contributed by atoms with E-state index in [2.05, 4.69) is 18.6 Å². The molecule has 1 aromatic rings. The minimum atomic E-state index is -1.18. The van der Waals surface area contributed by atoms with Crippen molar-refractivity contribution < 1.29 is 19.4 Å². The van der Waals surface area contributed by atoms with Gasteiger partial charge >= 0.3 is 6.16 Å². The van der Waals surface area contributed by atoms with Gasteiger partial charge in [-0.1, -0.05) is 44.2 Å². The number of hydrogen-bond donors (Lipinski definition) is 1. The van der Waals surface area contributed by atoms with Crippen molar-refractivity contribution in [1.82, 2.24) is 0 Å². The number of ether oxygens (including phenoxy) is 1. The molecule has 19 heavy (non-hydrogen) atoms. The van der Waals surface area contributed by atoms with E-state index in [0.29, 0.717) is 12.5 Å². The molecule has 0 heterocycles. The van der Waals surface area contributed by atoms with Crippen LogP contribution in [0.15, 0.2) is 30.3 Å². The van der Waals surface area contributed by atoms with E-state index in [0.717, 1.165) is 18.4 Å². The van der Waals surface area contributed by atoms with Gasteiger partial charge in [-0.15, -0.1) is 0 Å². The predicted octanol–water partition coefficient (Wildman–Crippen LogP) is 4.01. The number of carbonyl (C=O) groups is 2. The topological polar surface area (TPSA) is 63.6 Å². The summed E-state index contributed by atoms with van der Waals surface area (Å²) in [6, 6.07) is 9.23. The van der Waals surface area contributed by atoms with Crippen molar-refractivity contribution in [2.75, 3.05) is 6.61 Å². The van der Waals surface area contributed by atoms with Crippen molar-refractivity contribution in [3.05, 3.63) is 35.9 Å². The standard InChI is InChI=1S/C8H8O.C7H14O3/c1-7(9)8-5-3-2-4-6-8;1-6(2)4-3-5-10-7(8)9/h2-6H,1H3;6H,3-5H2,1-2H3,(H,8,9). The molecular weight excluding hydrogens is 244 g/mol. The lowest BCUT2D eigenvalue weighted by molar-refractivity contribution is 0.0891. The molecular formula is C15H22O4. The van der Waals surface area contributed by atoms with E-state index in [1.807, 2.05) is 30.3 Å². The van der Waals surface area contributed by atoms with Crippen LogP contribution in [0.25, 0.3) is 0 Å². The van der Waals surface area contributed by atoms with Gasteiger partial charge in [-0.2, -0.15) is 0 Å². The molecule has 0 spiro atoms. The molecule has 1 rings (SSSR count). The maximum absolute atomic E-state index is 10.6. The molecule has 0 saturated carbocycles. The van der Waals surface area contributed by atoms with E-state index in [9.17, 15) is 9.59 Å². The summed E-state index contributed by atoms with van der Waals surface area (Å²) in [5.74, 6) is 0.744. The first kappa shape index (κ1) is 17.2. The molecule has 0 amide bonds. The average molecular weight is 266 g/mol. The zero-order valence-corrected chi connectivity index (χ0v) is 11.8. The molecule has 0 atom stereocenters. The molecule has 0 bridgehead atoms. The van der Waals surface area contributed by atoms with Crippen molar-refractivity contribution in [1.29, 1.82) is 0 Å². The molecule has 1 aromatic carbocycles. The SMILES string of the molecule is CC(=O)c1ccccc1.CC(C)CCCOC(=O)O. The van der Waals surface area contributed by atoms with Crippen molar-refractivity contribution in [3.8, 4) is 0 Å². The van der Waals surface area contributed by atoms with E-state index in [1.54, 1.807) is 6.92 Å². The van der Waals surface area contributed by atoms with Crippen LogP contribution in [-0.2, 0) is 4.74 Å². The van der Waals surface area contributed by atoms with E-state index in [-0.39, 0.29) is 5.78 Å². The van der Waals surface area contributed by atoms with Crippen LogP contribution in [-0.4, -0.2) is 23.7 Å². The van der Waals surface area contributed by atoms with Crippen LogP contribution in [0.3, 0.4) is 0 Å². The number of carboxylic acid groups (broad SMARTS) is 1. The third kappa shape index (κ3) is 11.0. The first-order valence-corrected chi connectivity index (χ1v) is 6.35. The van der Waals surface area contributed by atoms with Gasteiger partial charge in [0.2, 0.25) is 0 Å². The summed E-state index contributed by atoms with van der Waals surface area (Å²) in [5, 5.41) is 8.06. The Hall–Kier alpha value is -1.84. The normalized spacial score (nSPS) is 9.47. The summed E-state index contributed by atoms with van der Waals surface area (Å²) < 4.78 is 4.31. The Bertz CT molecular complexity index is 371. The Morgan fingerprint density at radius 2 is 1.79 bits per heavy atom. The largest absolute Gasteiger partial charge is 0.505 e. The molecule has 0 saturated heterocycles. The maximum Gasteiger partial charge on any atom is 0.505 e. The summed E-state index contributed by atoms with van der Waals surface area (Å²) >= 11 is 0. The molecule has 1 N–H and O–H groups in total. The van der Waals surface area contributed by atoms with Gasteiger partial charge in [0.1, 0.15) is 0 Å². The second-order valence-corrected chi connectivity index (χ2v) is 4.57. The van der Waals surface area contributed by atoms with Gasteiger partial charge in [0.25, 0.3) is 0 Å². The smallest absolute Gasteiger partial charge is 0.450 e. The molecule has 0 aliphatic heterocycles. The number of benzene rings is 1. The van der Waals surface area contributed by atoms with Crippen LogP contribution in [0, 0.1) is 5.92 Å². The third-order valence-corrected chi connectivity index (χ3v) is 2.33. The van der Waals surface area contributed by atoms with Crippen molar-refractivity contribution in [2.45, 2.75) is 33.6 Å². The zero-order valence-electron chi connectivity index (χ0n) is 11.8.